The first kappa shape index (κ1) is 14.8. The molecule has 6 heteroatoms. The Balaban J connectivity index is 2.00. The molecular weight excluding hydrogens is 284 g/mol. The van der Waals surface area contributed by atoms with Crippen molar-refractivity contribution in [3.8, 4) is 0 Å². The summed E-state index contributed by atoms with van der Waals surface area (Å²) in [5.41, 5.74) is 0. The van der Waals surface area contributed by atoms with Crippen molar-refractivity contribution in [1.29, 1.82) is 0 Å². The third kappa shape index (κ3) is 3.92. The van der Waals surface area contributed by atoms with Crippen molar-refractivity contribution in [2.45, 2.75) is 17.7 Å². The zero-order valence-corrected chi connectivity index (χ0v) is 12.5. The SMILES string of the molecule is CN1CCCC(CNS(=O)(=O)c2ccccc2Cl)C1. The third-order valence-electron chi connectivity index (χ3n) is 3.41. The minimum absolute atomic E-state index is 0.154. The van der Waals surface area contributed by atoms with Gasteiger partial charge in [-0.15, -0.1) is 0 Å². The molecule has 0 spiro atoms. The molecule has 2 rings (SSSR count). The van der Waals surface area contributed by atoms with Crippen LogP contribution in [0.15, 0.2) is 29.2 Å². The number of likely N-dealkylation sites (tertiary alicyclic amines) is 1. The smallest absolute Gasteiger partial charge is 0.242 e. The molecule has 1 unspecified atom stereocenters. The molecule has 1 aromatic rings. The minimum atomic E-state index is -3.51. The lowest BCUT2D eigenvalue weighted by Crippen LogP contribution is -2.39. The van der Waals surface area contributed by atoms with Crippen LogP contribution in [0.25, 0.3) is 0 Å². The van der Waals surface area contributed by atoms with E-state index < -0.39 is 10.0 Å². The van der Waals surface area contributed by atoms with E-state index in [-0.39, 0.29) is 9.92 Å². The van der Waals surface area contributed by atoms with E-state index in [1.54, 1.807) is 18.2 Å². The first-order valence-electron chi connectivity index (χ1n) is 6.42. The van der Waals surface area contributed by atoms with E-state index >= 15 is 0 Å². The summed E-state index contributed by atoms with van der Waals surface area (Å²) in [4.78, 5) is 2.39. The summed E-state index contributed by atoms with van der Waals surface area (Å²) >= 11 is 5.93. The lowest BCUT2D eigenvalue weighted by atomic mass is 9.99. The molecule has 1 aromatic carbocycles. The molecule has 19 heavy (non-hydrogen) atoms. The van der Waals surface area contributed by atoms with Gasteiger partial charge >= 0.3 is 0 Å². The van der Waals surface area contributed by atoms with Crippen LogP contribution >= 0.6 is 11.6 Å². The van der Waals surface area contributed by atoms with Gasteiger partial charge in [0, 0.05) is 13.1 Å². The summed E-state index contributed by atoms with van der Waals surface area (Å²) in [6.07, 6.45) is 2.18. The Hall–Kier alpha value is -0.620. The summed E-state index contributed by atoms with van der Waals surface area (Å²) < 4.78 is 27.0. The predicted octanol–water partition coefficient (Wildman–Crippen LogP) is 1.96. The molecule has 0 saturated carbocycles. The molecular formula is C13H19ClN2O2S. The normalized spacial score (nSPS) is 21.5. The first-order valence-corrected chi connectivity index (χ1v) is 8.28. The number of piperidine rings is 1. The molecule has 106 valence electrons. The van der Waals surface area contributed by atoms with Gasteiger partial charge in [-0.2, -0.15) is 0 Å². The Labute approximate surface area is 119 Å². The second-order valence-electron chi connectivity index (χ2n) is 5.05. The van der Waals surface area contributed by atoms with Crippen LogP contribution in [0.1, 0.15) is 12.8 Å². The molecule has 1 fully saturated rings. The number of nitrogens with zero attached hydrogens (tertiary/aromatic N) is 1. The van der Waals surface area contributed by atoms with Crippen molar-refractivity contribution in [3.63, 3.8) is 0 Å². The average Bonchev–Trinajstić information content (AvgIpc) is 2.37. The van der Waals surface area contributed by atoms with Crippen LogP contribution in [0.5, 0.6) is 0 Å². The Morgan fingerprint density at radius 1 is 1.42 bits per heavy atom. The van der Waals surface area contributed by atoms with Crippen molar-refractivity contribution in [1.82, 2.24) is 9.62 Å². The Morgan fingerprint density at radius 3 is 2.84 bits per heavy atom. The molecule has 0 radical (unpaired) electrons. The van der Waals surface area contributed by atoms with E-state index in [2.05, 4.69) is 16.7 Å². The molecule has 4 nitrogen and oxygen atoms in total. The number of benzene rings is 1. The van der Waals surface area contributed by atoms with Crippen LogP contribution in [0.4, 0.5) is 0 Å². The van der Waals surface area contributed by atoms with Gasteiger partial charge in [-0.25, -0.2) is 13.1 Å². The van der Waals surface area contributed by atoms with Gasteiger partial charge < -0.3 is 4.90 Å². The van der Waals surface area contributed by atoms with E-state index in [4.69, 9.17) is 11.6 Å². The van der Waals surface area contributed by atoms with Gasteiger partial charge in [-0.3, -0.25) is 0 Å². The summed E-state index contributed by atoms with van der Waals surface area (Å²) in [6, 6.07) is 6.51. The molecule has 1 aliphatic heterocycles. The van der Waals surface area contributed by atoms with E-state index in [0.717, 1.165) is 25.9 Å². The molecule has 1 atom stereocenters. The van der Waals surface area contributed by atoms with Crippen molar-refractivity contribution in [2.24, 2.45) is 5.92 Å². The average molecular weight is 303 g/mol. The van der Waals surface area contributed by atoms with Gasteiger partial charge in [0.2, 0.25) is 10.0 Å². The first-order chi connectivity index (χ1) is 8.99. The fourth-order valence-corrected chi connectivity index (χ4v) is 4.04. The predicted molar refractivity (Wildman–Crippen MR) is 76.9 cm³/mol. The van der Waals surface area contributed by atoms with Gasteiger partial charge in [-0.05, 0) is 44.5 Å². The van der Waals surface area contributed by atoms with Crippen LogP contribution in [0.3, 0.4) is 0 Å². The highest BCUT2D eigenvalue weighted by Gasteiger charge is 2.22. The number of nitrogens with one attached hydrogen (secondary N) is 1. The number of hydrogen-bond donors (Lipinski definition) is 1. The second-order valence-corrected chi connectivity index (χ2v) is 7.20. The summed E-state index contributed by atoms with van der Waals surface area (Å²) in [5.74, 6) is 0.371. The van der Waals surface area contributed by atoms with E-state index in [1.165, 1.54) is 6.07 Å². The summed E-state index contributed by atoms with van der Waals surface area (Å²) in [7, 11) is -1.44. The van der Waals surface area contributed by atoms with Crippen LogP contribution in [0, 0.1) is 5.92 Å². The van der Waals surface area contributed by atoms with Gasteiger partial charge in [0.05, 0.1) is 5.02 Å². The molecule has 0 aliphatic carbocycles. The summed E-state index contributed by atoms with van der Waals surface area (Å²) in [5, 5.41) is 0.260. The third-order valence-corrected chi connectivity index (χ3v) is 5.33. The molecule has 1 saturated heterocycles. The molecule has 0 amide bonds. The Kier molecular flexibility index (Phi) is 4.84. The largest absolute Gasteiger partial charge is 0.306 e. The van der Waals surface area contributed by atoms with E-state index in [1.807, 2.05) is 0 Å². The zero-order chi connectivity index (χ0) is 13.9. The Morgan fingerprint density at radius 2 is 2.16 bits per heavy atom. The molecule has 0 aromatic heterocycles. The van der Waals surface area contributed by atoms with E-state index in [9.17, 15) is 8.42 Å². The standard InChI is InChI=1S/C13H19ClN2O2S/c1-16-8-4-5-11(10-16)9-15-19(17,18)13-7-3-2-6-12(13)14/h2-3,6-7,11,15H,4-5,8-10H2,1H3. The summed E-state index contributed by atoms with van der Waals surface area (Å²) in [6.45, 7) is 2.50. The van der Waals surface area contributed by atoms with Crippen LogP contribution < -0.4 is 4.72 Å². The fraction of sp³-hybridized carbons (Fsp3) is 0.538. The molecule has 1 heterocycles. The zero-order valence-electron chi connectivity index (χ0n) is 11.0. The number of hydrogen-bond acceptors (Lipinski definition) is 3. The van der Waals surface area contributed by atoms with Crippen molar-refractivity contribution in [2.75, 3.05) is 26.7 Å². The maximum absolute atomic E-state index is 12.2. The van der Waals surface area contributed by atoms with Crippen LogP contribution in [0.2, 0.25) is 5.02 Å². The Bertz CT molecular complexity index is 533. The van der Waals surface area contributed by atoms with Crippen molar-refractivity contribution in [3.05, 3.63) is 29.3 Å². The van der Waals surface area contributed by atoms with E-state index in [0.29, 0.717) is 12.5 Å². The van der Waals surface area contributed by atoms with Gasteiger partial charge in [-0.1, -0.05) is 23.7 Å². The number of halogens is 1. The maximum Gasteiger partial charge on any atom is 0.242 e. The number of rotatable bonds is 4. The maximum atomic E-state index is 12.2. The lowest BCUT2D eigenvalue weighted by Gasteiger charge is -2.29. The van der Waals surface area contributed by atoms with Crippen LogP contribution in [-0.4, -0.2) is 40.0 Å². The number of sulfonamides is 1. The second kappa shape index (κ2) is 6.22. The fourth-order valence-electron chi connectivity index (χ4n) is 2.41. The highest BCUT2D eigenvalue weighted by atomic mass is 35.5. The quantitative estimate of drug-likeness (QED) is 0.925. The topological polar surface area (TPSA) is 49.4 Å². The van der Waals surface area contributed by atoms with Crippen molar-refractivity contribution < 1.29 is 8.42 Å². The lowest BCUT2D eigenvalue weighted by molar-refractivity contribution is 0.211. The molecule has 1 aliphatic rings. The molecule has 1 N–H and O–H groups in total. The van der Waals surface area contributed by atoms with Crippen molar-refractivity contribution >= 4 is 21.6 Å². The van der Waals surface area contributed by atoms with Gasteiger partial charge in [0.1, 0.15) is 4.90 Å². The van der Waals surface area contributed by atoms with Crippen LogP contribution in [-0.2, 0) is 10.0 Å². The molecule has 0 bridgehead atoms. The highest BCUT2D eigenvalue weighted by molar-refractivity contribution is 7.89. The highest BCUT2D eigenvalue weighted by Crippen LogP contribution is 2.21. The van der Waals surface area contributed by atoms with Gasteiger partial charge in [0.15, 0.2) is 0 Å². The van der Waals surface area contributed by atoms with Gasteiger partial charge in [0.25, 0.3) is 0 Å². The minimum Gasteiger partial charge on any atom is -0.306 e. The monoisotopic (exact) mass is 302 g/mol.